The number of amides is 1. The fourth-order valence-corrected chi connectivity index (χ4v) is 4.92. The second kappa shape index (κ2) is 12.9. The zero-order valence-electron chi connectivity index (χ0n) is 22.7. The first-order chi connectivity index (χ1) is 18.4. The first-order valence-electron chi connectivity index (χ1n) is 13.5. The highest BCUT2D eigenvalue weighted by Gasteiger charge is 2.45. The van der Waals surface area contributed by atoms with Gasteiger partial charge in [0.05, 0.1) is 31.4 Å². The molecular formula is C30H39N3O5. The molecule has 0 saturated carbocycles. The fraction of sp³-hybridized carbons (Fsp3) is 0.467. The van der Waals surface area contributed by atoms with Gasteiger partial charge in [0.1, 0.15) is 11.5 Å². The lowest BCUT2D eigenvalue weighted by molar-refractivity contribution is -0.140. The van der Waals surface area contributed by atoms with Crippen LogP contribution < -0.4 is 9.64 Å². The van der Waals surface area contributed by atoms with Gasteiger partial charge in [0, 0.05) is 51.5 Å². The number of carbonyl (C=O) groups is 2. The second-order valence-corrected chi connectivity index (χ2v) is 10.0. The van der Waals surface area contributed by atoms with Gasteiger partial charge in [-0.05, 0) is 42.7 Å². The van der Waals surface area contributed by atoms with Crippen molar-refractivity contribution in [3.05, 3.63) is 65.2 Å². The molecule has 1 unspecified atom stereocenters. The zero-order chi connectivity index (χ0) is 27.1. The quantitative estimate of drug-likeness (QED) is 0.207. The topological polar surface area (TPSA) is 82.5 Å². The van der Waals surface area contributed by atoms with Crippen LogP contribution in [0.15, 0.2) is 54.1 Å². The molecule has 0 aliphatic carbocycles. The molecule has 204 valence electrons. The van der Waals surface area contributed by atoms with Gasteiger partial charge in [-0.3, -0.25) is 14.5 Å². The van der Waals surface area contributed by atoms with Crippen LogP contribution in [0.25, 0.3) is 5.76 Å². The molecule has 2 aromatic rings. The van der Waals surface area contributed by atoms with Gasteiger partial charge >= 0.3 is 0 Å². The number of unbranched alkanes of at least 4 members (excludes halogenated alkanes) is 1. The summed E-state index contributed by atoms with van der Waals surface area (Å²) < 4.78 is 11.2. The van der Waals surface area contributed by atoms with Gasteiger partial charge in [-0.25, -0.2) is 0 Å². The average Bonchev–Trinajstić information content (AvgIpc) is 3.18. The summed E-state index contributed by atoms with van der Waals surface area (Å²) in [5.41, 5.74) is 2.37. The third-order valence-corrected chi connectivity index (χ3v) is 7.12. The van der Waals surface area contributed by atoms with Gasteiger partial charge in [-0.15, -0.1) is 0 Å². The molecule has 0 spiro atoms. The Bertz CT molecular complexity index is 1140. The number of hydrogen-bond donors (Lipinski definition) is 1. The summed E-state index contributed by atoms with van der Waals surface area (Å²) in [6.45, 7) is 7.06. The van der Waals surface area contributed by atoms with E-state index in [-0.39, 0.29) is 11.3 Å². The van der Waals surface area contributed by atoms with Crippen molar-refractivity contribution in [1.82, 2.24) is 9.80 Å². The number of likely N-dealkylation sites (tertiary alicyclic amines) is 1. The summed E-state index contributed by atoms with van der Waals surface area (Å²) in [7, 11) is 3.92. The molecule has 8 heteroatoms. The number of morpholine rings is 1. The van der Waals surface area contributed by atoms with Crippen LogP contribution in [-0.4, -0.2) is 86.7 Å². The minimum Gasteiger partial charge on any atom is -0.507 e. The summed E-state index contributed by atoms with van der Waals surface area (Å²) >= 11 is 0. The maximum absolute atomic E-state index is 13.4. The molecule has 2 aromatic carbocycles. The van der Waals surface area contributed by atoms with Crippen molar-refractivity contribution in [1.29, 1.82) is 0 Å². The van der Waals surface area contributed by atoms with Crippen LogP contribution in [0.5, 0.6) is 5.75 Å². The van der Waals surface area contributed by atoms with Crippen LogP contribution in [0.2, 0.25) is 0 Å². The maximum atomic E-state index is 13.4. The summed E-state index contributed by atoms with van der Waals surface area (Å²) in [6.07, 6.45) is 2.66. The number of aliphatic hydroxyl groups is 1. The molecule has 0 bridgehead atoms. The number of aliphatic hydroxyl groups excluding tert-OH is 1. The SMILES string of the molecule is CCCCOc1cccc(C(O)=C2C(=O)C(=O)N(CCCN3CCOCC3)C2c2ccc(N(C)C)cc2)c1. The van der Waals surface area contributed by atoms with Crippen molar-refractivity contribution < 1.29 is 24.2 Å². The molecule has 1 N–H and O–H groups in total. The van der Waals surface area contributed by atoms with Crippen LogP contribution in [0.1, 0.15) is 43.4 Å². The lowest BCUT2D eigenvalue weighted by Crippen LogP contribution is -2.38. The van der Waals surface area contributed by atoms with Crippen LogP contribution in [0.4, 0.5) is 5.69 Å². The molecule has 0 radical (unpaired) electrons. The molecule has 2 heterocycles. The molecule has 8 nitrogen and oxygen atoms in total. The van der Waals surface area contributed by atoms with E-state index in [2.05, 4.69) is 11.8 Å². The van der Waals surface area contributed by atoms with Gasteiger partial charge in [0.2, 0.25) is 0 Å². The van der Waals surface area contributed by atoms with Gasteiger partial charge in [-0.1, -0.05) is 37.6 Å². The van der Waals surface area contributed by atoms with Crippen LogP contribution >= 0.6 is 0 Å². The van der Waals surface area contributed by atoms with Crippen molar-refractivity contribution >= 4 is 23.1 Å². The molecule has 1 atom stereocenters. The normalized spacial score (nSPS) is 19.7. The van der Waals surface area contributed by atoms with E-state index in [1.807, 2.05) is 49.3 Å². The number of carbonyl (C=O) groups excluding carboxylic acids is 2. The van der Waals surface area contributed by atoms with Crippen molar-refractivity contribution in [3.63, 3.8) is 0 Å². The van der Waals surface area contributed by atoms with E-state index in [4.69, 9.17) is 9.47 Å². The van der Waals surface area contributed by atoms with Crippen LogP contribution in [0, 0.1) is 0 Å². The third kappa shape index (κ3) is 6.37. The molecule has 38 heavy (non-hydrogen) atoms. The first kappa shape index (κ1) is 27.7. The lowest BCUT2D eigenvalue weighted by Gasteiger charge is -2.29. The highest BCUT2D eigenvalue weighted by molar-refractivity contribution is 6.46. The largest absolute Gasteiger partial charge is 0.507 e. The van der Waals surface area contributed by atoms with Gasteiger partial charge < -0.3 is 24.4 Å². The zero-order valence-corrected chi connectivity index (χ0v) is 22.7. The smallest absolute Gasteiger partial charge is 0.295 e. The molecular weight excluding hydrogens is 482 g/mol. The van der Waals surface area contributed by atoms with E-state index in [1.54, 1.807) is 23.1 Å². The van der Waals surface area contributed by atoms with Crippen molar-refractivity contribution in [2.24, 2.45) is 0 Å². The predicted octanol–water partition coefficient (Wildman–Crippen LogP) is 4.08. The van der Waals surface area contributed by atoms with E-state index < -0.39 is 17.7 Å². The number of anilines is 1. The molecule has 2 aliphatic heterocycles. The lowest BCUT2D eigenvalue weighted by atomic mass is 9.95. The Morgan fingerprint density at radius 3 is 2.47 bits per heavy atom. The first-order valence-corrected chi connectivity index (χ1v) is 13.5. The molecule has 2 saturated heterocycles. The van der Waals surface area contributed by atoms with Gasteiger partial charge in [-0.2, -0.15) is 0 Å². The Hall–Kier alpha value is -3.36. The Morgan fingerprint density at radius 2 is 1.79 bits per heavy atom. The van der Waals surface area contributed by atoms with E-state index >= 15 is 0 Å². The van der Waals surface area contributed by atoms with Crippen LogP contribution in [0.3, 0.4) is 0 Å². The van der Waals surface area contributed by atoms with Gasteiger partial charge in [0.15, 0.2) is 0 Å². The Balaban J connectivity index is 1.66. The predicted molar refractivity (Wildman–Crippen MR) is 148 cm³/mol. The van der Waals surface area contributed by atoms with Gasteiger partial charge in [0.25, 0.3) is 11.7 Å². The molecule has 4 rings (SSSR count). The third-order valence-electron chi connectivity index (χ3n) is 7.12. The van der Waals surface area contributed by atoms with E-state index in [0.717, 1.165) is 50.1 Å². The maximum Gasteiger partial charge on any atom is 0.295 e. The highest BCUT2D eigenvalue weighted by Crippen LogP contribution is 2.40. The summed E-state index contributed by atoms with van der Waals surface area (Å²) in [5.74, 6) is -0.797. The van der Waals surface area contributed by atoms with Crippen LogP contribution in [-0.2, 0) is 14.3 Å². The highest BCUT2D eigenvalue weighted by atomic mass is 16.5. The van der Waals surface area contributed by atoms with E-state index in [9.17, 15) is 14.7 Å². The number of ketones is 1. The minimum absolute atomic E-state index is 0.115. The molecule has 2 aliphatic rings. The molecule has 0 aromatic heterocycles. The summed E-state index contributed by atoms with van der Waals surface area (Å²) in [4.78, 5) is 32.6. The molecule has 2 fully saturated rings. The summed E-state index contributed by atoms with van der Waals surface area (Å²) in [6, 6.07) is 14.2. The van der Waals surface area contributed by atoms with Crippen molar-refractivity contribution in [2.75, 3.05) is 65.0 Å². The summed E-state index contributed by atoms with van der Waals surface area (Å²) in [5, 5.41) is 11.4. The monoisotopic (exact) mass is 521 g/mol. The number of benzene rings is 2. The van der Waals surface area contributed by atoms with E-state index in [1.165, 1.54) is 0 Å². The minimum atomic E-state index is -0.666. The Morgan fingerprint density at radius 1 is 1.05 bits per heavy atom. The standard InChI is InChI=1S/C30H39N3O5/c1-4-5-18-38-25-9-6-8-23(21-25)28(34)26-27(22-10-12-24(13-11-22)31(2)3)33(30(36)29(26)35)15-7-14-32-16-19-37-20-17-32/h6,8-13,21,27,34H,4-5,7,14-20H2,1-3H3. The Labute approximate surface area is 225 Å². The number of ether oxygens (including phenoxy) is 2. The average molecular weight is 522 g/mol. The Kier molecular flexibility index (Phi) is 9.42. The number of hydrogen-bond acceptors (Lipinski definition) is 7. The van der Waals surface area contributed by atoms with E-state index in [0.29, 0.717) is 37.7 Å². The number of nitrogens with zero attached hydrogens (tertiary/aromatic N) is 3. The number of Topliss-reactive ketones (excluding diaryl/α,β-unsaturated/α-hetero) is 1. The second-order valence-electron chi connectivity index (χ2n) is 10.0. The van der Waals surface area contributed by atoms with Crippen molar-refractivity contribution in [2.45, 2.75) is 32.2 Å². The number of rotatable bonds is 11. The molecule has 1 amide bonds. The van der Waals surface area contributed by atoms with Crippen molar-refractivity contribution in [3.8, 4) is 5.75 Å². The fourth-order valence-electron chi connectivity index (χ4n) is 4.92.